The minimum absolute atomic E-state index is 0.600. The molecule has 0 saturated carbocycles. The van der Waals surface area contributed by atoms with Crippen molar-refractivity contribution in [2.24, 2.45) is 5.73 Å². The Labute approximate surface area is 131 Å². The lowest BCUT2D eigenvalue weighted by Gasteiger charge is -2.05. The zero-order valence-electron chi connectivity index (χ0n) is 13.9. The molecule has 3 N–H and O–H groups in total. The molecule has 0 aromatic rings. The smallest absolute Gasteiger partial charge is 0.320 e. The van der Waals surface area contributed by atoms with Gasteiger partial charge in [0.05, 0.1) is 0 Å². The number of hydrogen-bond acceptors (Lipinski definition) is 2. The third kappa shape index (κ3) is 15.4. The molecule has 0 amide bonds. The number of carbonyl (C=O) groups is 1. The number of carboxylic acids is 1. The van der Waals surface area contributed by atoms with E-state index in [1.54, 1.807) is 0 Å². The summed E-state index contributed by atoms with van der Waals surface area (Å²) >= 11 is 0. The van der Waals surface area contributed by atoms with E-state index in [-0.39, 0.29) is 0 Å². The van der Waals surface area contributed by atoms with E-state index < -0.39 is 12.0 Å². The van der Waals surface area contributed by atoms with E-state index in [2.05, 4.69) is 19.1 Å². The molecule has 0 unspecified atom stereocenters. The van der Waals surface area contributed by atoms with Crippen LogP contribution in [0, 0.1) is 0 Å². The van der Waals surface area contributed by atoms with Crippen molar-refractivity contribution in [1.82, 2.24) is 0 Å². The van der Waals surface area contributed by atoms with Crippen LogP contribution in [-0.2, 0) is 4.79 Å². The molecule has 0 aromatic heterocycles. The van der Waals surface area contributed by atoms with Crippen LogP contribution in [0.4, 0.5) is 0 Å². The normalized spacial score (nSPS) is 12.9. The molecule has 0 spiro atoms. The molecule has 1 atom stereocenters. The summed E-state index contributed by atoms with van der Waals surface area (Å²) in [5.74, 6) is -0.882. The first kappa shape index (κ1) is 20.2. The van der Waals surface area contributed by atoms with E-state index in [0.717, 1.165) is 19.3 Å². The maximum absolute atomic E-state index is 10.5. The molecule has 124 valence electrons. The number of carboxylic acid groups (broad SMARTS) is 1. The van der Waals surface area contributed by atoms with Crippen molar-refractivity contribution in [2.75, 3.05) is 0 Å². The Balaban J connectivity index is 3.17. The second-order valence-corrected chi connectivity index (χ2v) is 5.96. The van der Waals surface area contributed by atoms with Crippen LogP contribution in [-0.4, -0.2) is 17.1 Å². The summed E-state index contributed by atoms with van der Waals surface area (Å²) in [7, 11) is 0. The summed E-state index contributed by atoms with van der Waals surface area (Å²) in [6.45, 7) is 2.25. The summed E-state index contributed by atoms with van der Waals surface area (Å²) in [5, 5.41) is 8.65. The highest BCUT2D eigenvalue weighted by atomic mass is 16.4. The Morgan fingerprint density at radius 3 is 1.90 bits per heavy atom. The third-order valence-electron chi connectivity index (χ3n) is 3.84. The van der Waals surface area contributed by atoms with Crippen molar-refractivity contribution < 1.29 is 9.90 Å². The van der Waals surface area contributed by atoms with E-state index in [9.17, 15) is 4.79 Å². The summed E-state index contributed by atoms with van der Waals surface area (Å²) in [6.07, 6.45) is 20.2. The number of nitrogens with two attached hydrogens (primary N) is 1. The zero-order valence-corrected chi connectivity index (χ0v) is 13.9. The Kier molecular flexibility index (Phi) is 14.9. The SMILES string of the molecule is CCCCCCCC/C=C\CCCCCC[C@H](N)C(=O)O. The summed E-state index contributed by atoms with van der Waals surface area (Å²) in [4.78, 5) is 10.5. The van der Waals surface area contributed by atoms with E-state index in [1.807, 2.05) is 0 Å². The van der Waals surface area contributed by atoms with Crippen molar-refractivity contribution in [3.05, 3.63) is 12.2 Å². The van der Waals surface area contributed by atoms with Crippen molar-refractivity contribution in [2.45, 2.75) is 96.4 Å². The number of aliphatic carboxylic acids is 1. The molecule has 3 heteroatoms. The van der Waals surface area contributed by atoms with Gasteiger partial charge in [0.1, 0.15) is 6.04 Å². The number of hydrogen-bond donors (Lipinski definition) is 2. The second-order valence-electron chi connectivity index (χ2n) is 5.96. The molecule has 0 bridgehead atoms. The first-order valence-corrected chi connectivity index (χ1v) is 8.81. The monoisotopic (exact) mass is 297 g/mol. The van der Waals surface area contributed by atoms with Gasteiger partial charge in [0.25, 0.3) is 0 Å². The maximum atomic E-state index is 10.5. The number of unbranched alkanes of at least 4 members (excludes halogenated alkanes) is 10. The lowest BCUT2D eigenvalue weighted by atomic mass is 10.1. The minimum atomic E-state index is -0.882. The van der Waals surface area contributed by atoms with Gasteiger partial charge in [-0.3, -0.25) is 4.79 Å². The fourth-order valence-corrected chi connectivity index (χ4v) is 2.38. The van der Waals surface area contributed by atoms with Gasteiger partial charge < -0.3 is 10.8 Å². The van der Waals surface area contributed by atoms with Crippen molar-refractivity contribution in [1.29, 1.82) is 0 Å². The summed E-state index contributed by atoms with van der Waals surface area (Å²) in [6, 6.07) is -0.678. The highest BCUT2D eigenvalue weighted by Gasteiger charge is 2.09. The average Bonchev–Trinajstić information content (AvgIpc) is 2.47. The van der Waals surface area contributed by atoms with Crippen LogP contribution in [0.15, 0.2) is 12.2 Å². The highest BCUT2D eigenvalue weighted by molar-refractivity contribution is 5.72. The maximum Gasteiger partial charge on any atom is 0.320 e. The van der Waals surface area contributed by atoms with Gasteiger partial charge in [0, 0.05) is 0 Å². The van der Waals surface area contributed by atoms with Crippen LogP contribution in [0.5, 0.6) is 0 Å². The fraction of sp³-hybridized carbons (Fsp3) is 0.833. The van der Waals surface area contributed by atoms with Crippen molar-refractivity contribution >= 4 is 5.97 Å². The van der Waals surface area contributed by atoms with Gasteiger partial charge >= 0.3 is 5.97 Å². The molecule has 0 saturated heterocycles. The molecule has 3 nitrogen and oxygen atoms in total. The third-order valence-corrected chi connectivity index (χ3v) is 3.84. The zero-order chi connectivity index (χ0) is 15.8. The van der Waals surface area contributed by atoms with Crippen molar-refractivity contribution in [3.63, 3.8) is 0 Å². The van der Waals surface area contributed by atoms with Gasteiger partial charge in [-0.05, 0) is 32.1 Å². The Morgan fingerprint density at radius 1 is 0.905 bits per heavy atom. The molecule has 0 radical (unpaired) electrons. The average molecular weight is 297 g/mol. The Morgan fingerprint density at radius 2 is 1.38 bits per heavy atom. The Bertz CT molecular complexity index is 264. The Hall–Kier alpha value is -0.830. The molecule has 0 rings (SSSR count). The van der Waals surface area contributed by atoms with Gasteiger partial charge in [0.2, 0.25) is 0 Å². The molecule has 0 aliphatic carbocycles. The van der Waals surface area contributed by atoms with Gasteiger partial charge in [-0.25, -0.2) is 0 Å². The molecular formula is C18H35NO2. The summed E-state index contributed by atoms with van der Waals surface area (Å²) < 4.78 is 0. The predicted molar refractivity (Wildman–Crippen MR) is 90.4 cm³/mol. The first-order valence-electron chi connectivity index (χ1n) is 8.81. The molecule has 0 aromatic carbocycles. The van der Waals surface area contributed by atoms with Gasteiger partial charge in [-0.15, -0.1) is 0 Å². The summed E-state index contributed by atoms with van der Waals surface area (Å²) in [5.41, 5.74) is 5.45. The highest BCUT2D eigenvalue weighted by Crippen LogP contribution is 2.09. The van der Waals surface area contributed by atoms with Gasteiger partial charge in [-0.2, -0.15) is 0 Å². The topological polar surface area (TPSA) is 63.3 Å². The number of allylic oxidation sites excluding steroid dienone is 2. The lowest BCUT2D eigenvalue weighted by molar-refractivity contribution is -0.138. The van der Waals surface area contributed by atoms with E-state index in [0.29, 0.717) is 6.42 Å². The van der Waals surface area contributed by atoms with E-state index >= 15 is 0 Å². The van der Waals surface area contributed by atoms with Gasteiger partial charge in [0.15, 0.2) is 0 Å². The molecule has 0 aliphatic heterocycles. The fourth-order valence-electron chi connectivity index (χ4n) is 2.38. The molecule has 21 heavy (non-hydrogen) atoms. The second kappa shape index (κ2) is 15.6. The molecule has 0 fully saturated rings. The quantitative estimate of drug-likeness (QED) is 0.328. The predicted octanol–water partition coefficient (Wildman–Crippen LogP) is 5.05. The van der Waals surface area contributed by atoms with Crippen LogP contribution in [0.3, 0.4) is 0 Å². The van der Waals surface area contributed by atoms with E-state index in [4.69, 9.17) is 10.8 Å². The molecule has 0 aliphatic rings. The first-order chi connectivity index (χ1) is 10.2. The standard InChI is InChI=1S/C18H35NO2/c1-2-3-4-5-6-7-8-9-10-11-12-13-14-15-16-17(19)18(20)21/h9-10,17H,2-8,11-16,19H2,1H3,(H,20,21)/b10-9-/t17-/m0/s1. The molecule has 0 heterocycles. The van der Waals surface area contributed by atoms with Crippen LogP contribution < -0.4 is 5.73 Å². The van der Waals surface area contributed by atoms with Crippen molar-refractivity contribution in [3.8, 4) is 0 Å². The van der Waals surface area contributed by atoms with E-state index in [1.165, 1.54) is 57.8 Å². The van der Waals surface area contributed by atoms with Crippen LogP contribution in [0.1, 0.15) is 90.4 Å². The van der Waals surface area contributed by atoms with Crippen LogP contribution >= 0.6 is 0 Å². The van der Waals surface area contributed by atoms with Crippen LogP contribution in [0.2, 0.25) is 0 Å². The van der Waals surface area contributed by atoms with Gasteiger partial charge in [-0.1, -0.05) is 70.4 Å². The van der Waals surface area contributed by atoms with Crippen LogP contribution in [0.25, 0.3) is 0 Å². The largest absolute Gasteiger partial charge is 0.480 e. The lowest BCUT2D eigenvalue weighted by Crippen LogP contribution is -2.29. The minimum Gasteiger partial charge on any atom is -0.480 e. The molecular weight excluding hydrogens is 262 g/mol. The number of rotatable bonds is 15.